The van der Waals surface area contributed by atoms with Gasteiger partial charge in [-0.3, -0.25) is 9.69 Å². The van der Waals surface area contributed by atoms with Crippen molar-refractivity contribution in [3.05, 3.63) is 24.3 Å². The fourth-order valence-electron chi connectivity index (χ4n) is 2.87. The lowest BCUT2D eigenvalue weighted by Gasteiger charge is -2.27. The molecule has 1 aliphatic heterocycles. The Bertz CT molecular complexity index is 627. The van der Waals surface area contributed by atoms with Gasteiger partial charge in [-0.15, -0.1) is 0 Å². The number of hydrogen-bond donors (Lipinski definition) is 0. The summed E-state index contributed by atoms with van der Waals surface area (Å²) in [5.74, 6) is 1.36. The molecule has 4 heteroatoms. The third kappa shape index (κ3) is 1.26. The summed E-state index contributed by atoms with van der Waals surface area (Å²) in [7, 11) is 0. The van der Waals surface area contributed by atoms with Crippen molar-refractivity contribution < 1.29 is 4.79 Å². The van der Waals surface area contributed by atoms with Crippen molar-refractivity contribution in [3.63, 3.8) is 0 Å². The highest BCUT2D eigenvalue weighted by Gasteiger charge is 2.35. The largest absolute Gasteiger partial charge is 0.308 e. The zero-order valence-corrected chi connectivity index (χ0v) is 10.2. The van der Waals surface area contributed by atoms with Gasteiger partial charge in [0, 0.05) is 19.0 Å². The van der Waals surface area contributed by atoms with Gasteiger partial charge in [0.25, 0.3) is 0 Å². The molecule has 0 N–H and O–H groups in total. The van der Waals surface area contributed by atoms with E-state index in [9.17, 15) is 4.79 Å². The molecule has 1 aliphatic carbocycles. The molecule has 1 amide bonds. The number of benzene rings is 1. The molecule has 1 saturated carbocycles. The summed E-state index contributed by atoms with van der Waals surface area (Å²) in [4.78, 5) is 18.8. The van der Waals surface area contributed by atoms with Crippen LogP contribution in [0.4, 0.5) is 5.95 Å². The summed E-state index contributed by atoms with van der Waals surface area (Å²) in [5.41, 5.74) is 2.12. The maximum Gasteiger partial charge on any atom is 0.232 e. The summed E-state index contributed by atoms with van der Waals surface area (Å²) >= 11 is 0. The number of fused-ring (bicyclic) bond motifs is 3. The van der Waals surface area contributed by atoms with Gasteiger partial charge in [0.1, 0.15) is 0 Å². The molecule has 0 bridgehead atoms. The molecule has 1 aromatic heterocycles. The minimum Gasteiger partial charge on any atom is -0.308 e. The van der Waals surface area contributed by atoms with Crippen molar-refractivity contribution in [1.82, 2.24) is 9.55 Å². The molecule has 92 valence electrons. The Hall–Kier alpha value is -1.84. The highest BCUT2D eigenvalue weighted by atomic mass is 16.2. The lowest BCUT2D eigenvalue weighted by Crippen LogP contribution is -2.38. The van der Waals surface area contributed by atoms with Crippen LogP contribution in [0.25, 0.3) is 11.0 Å². The minimum absolute atomic E-state index is 0.247. The van der Waals surface area contributed by atoms with E-state index in [1.54, 1.807) is 0 Å². The van der Waals surface area contributed by atoms with Crippen molar-refractivity contribution in [3.8, 4) is 0 Å². The maximum absolute atomic E-state index is 12.3. The number of rotatable bonds is 1. The Morgan fingerprint density at radius 1 is 1.22 bits per heavy atom. The van der Waals surface area contributed by atoms with E-state index in [-0.39, 0.29) is 11.8 Å². The van der Waals surface area contributed by atoms with Gasteiger partial charge < -0.3 is 4.57 Å². The normalized spacial score (nSPS) is 19.0. The van der Waals surface area contributed by atoms with Crippen LogP contribution in [0.3, 0.4) is 0 Å². The van der Waals surface area contributed by atoms with E-state index >= 15 is 0 Å². The van der Waals surface area contributed by atoms with Crippen LogP contribution < -0.4 is 4.90 Å². The van der Waals surface area contributed by atoms with Crippen LogP contribution in [0.5, 0.6) is 0 Å². The SMILES string of the molecule is O=C(C1CCC1)N1CCn2c1nc1ccccc12. The molecule has 4 rings (SSSR count). The molecule has 2 aliphatic rings. The van der Waals surface area contributed by atoms with Crippen molar-refractivity contribution in [2.24, 2.45) is 5.92 Å². The van der Waals surface area contributed by atoms with Crippen LogP contribution in [0.1, 0.15) is 19.3 Å². The maximum atomic E-state index is 12.3. The summed E-state index contributed by atoms with van der Waals surface area (Å²) in [6, 6.07) is 8.09. The molecule has 0 spiro atoms. The van der Waals surface area contributed by atoms with E-state index in [4.69, 9.17) is 0 Å². The zero-order valence-electron chi connectivity index (χ0n) is 10.2. The molecule has 0 saturated heterocycles. The monoisotopic (exact) mass is 241 g/mol. The fraction of sp³-hybridized carbons (Fsp3) is 0.429. The van der Waals surface area contributed by atoms with Crippen LogP contribution in [0.2, 0.25) is 0 Å². The summed E-state index contributed by atoms with van der Waals surface area (Å²) in [6.45, 7) is 1.65. The Labute approximate surface area is 105 Å². The molecule has 1 aromatic carbocycles. The Balaban J connectivity index is 1.77. The van der Waals surface area contributed by atoms with Crippen LogP contribution in [-0.2, 0) is 11.3 Å². The van der Waals surface area contributed by atoms with Crippen molar-refractivity contribution in [1.29, 1.82) is 0 Å². The summed E-state index contributed by atoms with van der Waals surface area (Å²) < 4.78 is 2.16. The van der Waals surface area contributed by atoms with Crippen LogP contribution in [0, 0.1) is 5.92 Å². The zero-order chi connectivity index (χ0) is 12.1. The van der Waals surface area contributed by atoms with Crippen LogP contribution in [-0.4, -0.2) is 22.0 Å². The van der Waals surface area contributed by atoms with Gasteiger partial charge in [0.05, 0.1) is 11.0 Å². The van der Waals surface area contributed by atoms with Crippen molar-refractivity contribution in [2.75, 3.05) is 11.4 Å². The molecular formula is C14H15N3O. The van der Waals surface area contributed by atoms with Gasteiger partial charge in [-0.05, 0) is 25.0 Å². The van der Waals surface area contributed by atoms with Gasteiger partial charge >= 0.3 is 0 Å². The Morgan fingerprint density at radius 2 is 2.06 bits per heavy atom. The summed E-state index contributed by atoms with van der Waals surface area (Å²) in [6.07, 6.45) is 3.30. The van der Waals surface area contributed by atoms with E-state index in [0.29, 0.717) is 0 Å². The second-order valence-electron chi connectivity index (χ2n) is 5.17. The van der Waals surface area contributed by atoms with Gasteiger partial charge in [-0.25, -0.2) is 4.98 Å². The number of carbonyl (C=O) groups is 1. The first kappa shape index (κ1) is 10.1. The predicted octanol–water partition coefficient (Wildman–Crippen LogP) is 2.18. The average molecular weight is 241 g/mol. The minimum atomic E-state index is 0.247. The van der Waals surface area contributed by atoms with Crippen LogP contribution >= 0.6 is 0 Å². The Kier molecular flexibility index (Phi) is 2.01. The topological polar surface area (TPSA) is 38.1 Å². The highest BCUT2D eigenvalue weighted by Crippen LogP contribution is 2.33. The predicted molar refractivity (Wildman–Crippen MR) is 69.4 cm³/mol. The molecule has 4 nitrogen and oxygen atoms in total. The molecule has 2 aromatic rings. The van der Waals surface area contributed by atoms with Gasteiger partial charge in [-0.1, -0.05) is 18.6 Å². The molecular weight excluding hydrogens is 226 g/mol. The summed E-state index contributed by atoms with van der Waals surface area (Å²) in [5, 5.41) is 0. The number of carbonyl (C=O) groups excluding carboxylic acids is 1. The first-order chi connectivity index (χ1) is 8.84. The second kappa shape index (κ2) is 3.57. The van der Waals surface area contributed by atoms with E-state index in [2.05, 4.69) is 15.6 Å². The number of aromatic nitrogens is 2. The molecule has 2 heterocycles. The number of amides is 1. The molecule has 0 atom stereocenters. The van der Waals surface area contributed by atoms with E-state index in [0.717, 1.165) is 42.9 Å². The van der Waals surface area contributed by atoms with Crippen molar-refractivity contribution >= 4 is 22.9 Å². The number of para-hydroxylation sites is 2. The van der Waals surface area contributed by atoms with Crippen molar-refractivity contribution in [2.45, 2.75) is 25.8 Å². The smallest absolute Gasteiger partial charge is 0.232 e. The lowest BCUT2D eigenvalue weighted by molar-refractivity contribution is -0.124. The third-order valence-corrected chi connectivity index (χ3v) is 4.14. The third-order valence-electron chi connectivity index (χ3n) is 4.14. The average Bonchev–Trinajstić information content (AvgIpc) is 2.84. The highest BCUT2D eigenvalue weighted by molar-refractivity contribution is 5.96. The van der Waals surface area contributed by atoms with Gasteiger partial charge in [-0.2, -0.15) is 0 Å². The van der Waals surface area contributed by atoms with E-state index in [1.165, 1.54) is 6.42 Å². The quantitative estimate of drug-likeness (QED) is 0.767. The molecule has 0 unspecified atom stereocenters. The Morgan fingerprint density at radius 3 is 2.83 bits per heavy atom. The molecule has 0 radical (unpaired) electrons. The van der Waals surface area contributed by atoms with Crippen LogP contribution in [0.15, 0.2) is 24.3 Å². The first-order valence-electron chi connectivity index (χ1n) is 6.61. The van der Waals surface area contributed by atoms with Gasteiger partial charge in [0.15, 0.2) is 0 Å². The fourth-order valence-corrected chi connectivity index (χ4v) is 2.87. The van der Waals surface area contributed by atoms with E-state index < -0.39 is 0 Å². The second-order valence-corrected chi connectivity index (χ2v) is 5.17. The number of hydrogen-bond acceptors (Lipinski definition) is 2. The lowest BCUT2D eigenvalue weighted by atomic mass is 9.84. The van der Waals surface area contributed by atoms with Gasteiger partial charge in [0.2, 0.25) is 11.9 Å². The number of imidazole rings is 1. The standard InChI is InChI=1S/C14H15N3O/c18-13(10-4-3-5-10)17-9-8-16-12-7-2-1-6-11(12)15-14(16)17/h1-2,6-7,10H,3-5,8-9H2. The van der Waals surface area contributed by atoms with E-state index in [1.807, 2.05) is 23.1 Å². The number of anilines is 1. The first-order valence-corrected chi connectivity index (χ1v) is 6.61. The molecule has 1 fully saturated rings. The number of nitrogens with zero attached hydrogens (tertiary/aromatic N) is 3. The molecule has 18 heavy (non-hydrogen) atoms.